The van der Waals surface area contributed by atoms with Crippen LogP contribution in [0, 0.1) is 0 Å². The number of carboxylic acid groups (broad SMARTS) is 2. The number of hydrogen-bond donors (Lipinski definition) is 3. The first-order valence-corrected chi connectivity index (χ1v) is 4.54. The van der Waals surface area contributed by atoms with Crippen LogP contribution in [0.2, 0.25) is 0 Å². The van der Waals surface area contributed by atoms with Gasteiger partial charge in [0.15, 0.2) is 0 Å². The van der Waals surface area contributed by atoms with Gasteiger partial charge in [0.25, 0.3) is 10.1 Å². The van der Waals surface area contributed by atoms with Gasteiger partial charge in [0, 0.05) is 12.2 Å². The third kappa shape index (κ3) is 60.6. The summed E-state index contributed by atoms with van der Waals surface area (Å²) < 4.78 is 25.9. The Morgan fingerprint density at radius 3 is 1.31 bits per heavy atom. The minimum Gasteiger partial charge on any atom is -0.478 e. The molecule has 0 heterocycles. The van der Waals surface area contributed by atoms with Crippen LogP contribution in [0.1, 0.15) is 0 Å². The molecular formula is C5H8O7S. The van der Waals surface area contributed by atoms with E-state index in [1.807, 2.05) is 0 Å². The summed E-state index contributed by atoms with van der Waals surface area (Å²) in [5.41, 5.74) is 0. The molecule has 0 aromatic heterocycles. The lowest BCUT2D eigenvalue weighted by molar-refractivity contribution is -0.134. The summed E-state index contributed by atoms with van der Waals surface area (Å²) >= 11 is 0. The van der Waals surface area contributed by atoms with Crippen LogP contribution in [0.25, 0.3) is 0 Å². The first-order chi connectivity index (χ1) is 5.63. The van der Waals surface area contributed by atoms with E-state index in [0.717, 1.165) is 0 Å². The van der Waals surface area contributed by atoms with Gasteiger partial charge in [0.05, 0.1) is 6.26 Å². The van der Waals surface area contributed by atoms with Crippen LogP contribution in [-0.4, -0.2) is 41.4 Å². The second kappa shape index (κ2) is 6.14. The lowest BCUT2D eigenvalue weighted by Gasteiger charge is -1.74. The molecule has 0 rings (SSSR count). The zero-order valence-corrected chi connectivity index (χ0v) is 7.35. The minimum atomic E-state index is -3.67. The molecule has 0 fully saturated rings. The number of carbonyl (C=O) groups is 2. The first-order valence-electron chi connectivity index (χ1n) is 2.69. The highest BCUT2D eigenvalue weighted by atomic mass is 32.2. The van der Waals surface area contributed by atoms with Crippen LogP contribution >= 0.6 is 0 Å². The number of hydrogen-bond acceptors (Lipinski definition) is 4. The second-order valence-electron chi connectivity index (χ2n) is 1.74. The minimum absolute atomic E-state index is 0.558. The summed E-state index contributed by atoms with van der Waals surface area (Å²) in [4.78, 5) is 19.1. The first kappa shape index (κ1) is 14.1. The quantitative estimate of drug-likeness (QED) is 0.404. The molecule has 0 spiro atoms. The van der Waals surface area contributed by atoms with Crippen LogP contribution < -0.4 is 0 Å². The average molecular weight is 212 g/mol. The molecule has 0 unspecified atom stereocenters. The van der Waals surface area contributed by atoms with Gasteiger partial charge in [-0.1, -0.05) is 0 Å². The van der Waals surface area contributed by atoms with Gasteiger partial charge in [-0.15, -0.1) is 0 Å². The van der Waals surface area contributed by atoms with Gasteiger partial charge in [-0.05, 0) is 0 Å². The maximum Gasteiger partial charge on any atom is 0.328 e. The molecule has 0 atom stereocenters. The topological polar surface area (TPSA) is 129 Å². The van der Waals surface area contributed by atoms with Gasteiger partial charge in [-0.25, -0.2) is 9.59 Å². The molecule has 3 N–H and O–H groups in total. The van der Waals surface area contributed by atoms with Crippen molar-refractivity contribution in [2.75, 3.05) is 6.26 Å². The van der Waals surface area contributed by atoms with Crippen molar-refractivity contribution >= 4 is 22.1 Å². The van der Waals surface area contributed by atoms with Gasteiger partial charge in [-0.2, -0.15) is 8.42 Å². The summed E-state index contributed by atoms with van der Waals surface area (Å²) in [6.07, 6.45) is 1.83. The number of aliphatic carboxylic acids is 2. The highest BCUT2D eigenvalue weighted by Crippen LogP contribution is 1.70. The normalized spacial score (nSPS) is 10.3. The molecule has 0 aromatic rings. The Hall–Kier alpha value is -1.41. The lowest BCUT2D eigenvalue weighted by Crippen LogP contribution is -1.91. The van der Waals surface area contributed by atoms with Gasteiger partial charge < -0.3 is 10.2 Å². The fourth-order valence-corrected chi connectivity index (χ4v) is 0.143. The average Bonchev–Trinajstić information content (AvgIpc) is 1.79. The van der Waals surface area contributed by atoms with Crippen molar-refractivity contribution in [2.24, 2.45) is 0 Å². The van der Waals surface area contributed by atoms with Crippen LogP contribution in [0.3, 0.4) is 0 Å². The zero-order chi connectivity index (χ0) is 11.1. The van der Waals surface area contributed by atoms with Crippen molar-refractivity contribution < 1.29 is 32.8 Å². The van der Waals surface area contributed by atoms with Crippen molar-refractivity contribution in [3.05, 3.63) is 12.2 Å². The smallest absolute Gasteiger partial charge is 0.328 e. The van der Waals surface area contributed by atoms with Gasteiger partial charge in [0.2, 0.25) is 0 Å². The summed E-state index contributed by atoms with van der Waals surface area (Å²) in [5.74, 6) is -2.51. The Morgan fingerprint density at radius 1 is 1.08 bits per heavy atom. The van der Waals surface area contributed by atoms with Crippen LogP contribution in [0.15, 0.2) is 12.2 Å². The highest BCUT2D eigenvalue weighted by molar-refractivity contribution is 7.85. The molecule has 0 amide bonds. The van der Waals surface area contributed by atoms with E-state index < -0.39 is 22.1 Å². The Labute approximate surface area is 74.1 Å². The van der Waals surface area contributed by atoms with E-state index in [1.54, 1.807) is 0 Å². The Morgan fingerprint density at radius 2 is 1.23 bits per heavy atom. The monoisotopic (exact) mass is 212 g/mol. The fourth-order valence-electron chi connectivity index (χ4n) is 0.143. The van der Waals surface area contributed by atoms with Crippen molar-refractivity contribution in [2.45, 2.75) is 0 Å². The number of carboxylic acids is 2. The molecule has 0 radical (unpaired) electrons. The second-order valence-corrected chi connectivity index (χ2v) is 3.21. The molecule has 0 aliphatic carbocycles. The van der Waals surface area contributed by atoms with Crippen molar-refractivity contribution in [1.82, 2.24) is 0 Å². The van der Waals surface area contributed by atoms with E-state index >= 15 is 0 Å². The highest BCUT2D eigenvalue weighted by Gasteiger charge is 1.88. The molecule has 0 saturated carbocycles. The van der Waals surface area contributed by atoms with Crippen LogP contribution in [0.4, 0.5) is 0 Å². The van der Waals surface area contributed by atoms with E-state index in [9.17, 15) is 18.0 Å². The largest absolute Gasteiger partial charge is 0.478 e. The van der Waals surface area contributed by atoms with E-state index in [2.05, 4.69) is 0 Å². The molecule has 7 nitrogen and oxygen atoms in total. The van der Waals surface area contributed by atoms with Crippen LogP contribution in [-0.2, 0) is 19.7 Å². The summed E-state index contributed by atoms with van der Waals surface area (Å²) in [6.45, 7) is 0. The molecule has 0 bridgehead atoms. The van der Waals surface area contributed by atoms with Gasteiger partial charge >= 0.3 is 11.9 Å². The molecule has 13 heavy (non-hydrogen) atoms. The predicted octanol–water partition coefficient (Wildman–Crippen LogP) is -0.784. The molecule has 0 aromatic carbocycles. The van der Waals surface area contributed by atoms with E-state index in [4.69, 9.17) is 14.8 Å². The standard InChI is InChI=1S/C4H4O4.CH4O3S/c5-3(6)1-2-4(7)8;1-5(2,3)4/h1-2H,(H,5,6)(H,7,8);1H3,(H,2,3,4)/b2-1-;. The third-order valence-electron chi connectivity index (χ3n) is 0.368. The van der Waals surface area contributed by atoms with Crippen molar-refractivity contribution in [3.63, 3.8) is 0 Å². The number of rotatable bonds is 2. The summed E-state index contributed by atoms with van der Waals surface area (Å²) in [7, 11) is -3.67. The summed E-state index contributed by atoms with van der Waals surface area (Å²) in [5, 5.41) is 15.6. The molecule has 0 aliphatic heterocycles. The lowest BCUT2D eigenvalue weighted by atomic mass is 10.5. The van der Waals surface area contributed by atoms with E-state index in [-0.39, 0.29) is 0 Å². The Kier molecular flexibility index (Phi) is 6.68. The van der Waals surface area contributed by atoms with Gasteiger partial charge in [-0.3, -0.25) is 4.55 Å². The van der Waals surface area contributed by atoms with E-state index in [0.29, 0.717) is 18.4 Å². The maximum absolute atomic E-state index is 9.55. The van der Waals surface area contributed by atoms with Gasteiger partial charge in [0.1, 0.15) is 0 Å². The third-order valence-corrected chi connectivity index (χ3v) is 0.368. The molecule has 8 heteroatoms. The van der Waals surface area contributed by atoms with Crippen molar-refractivity contribution in [1.29, 1.82) is 0 Å². The van der Waals surface area contributed by atoms with Crippen LogP contribution in [0.5, 0.6) is 0 Å². The SMILES string of the molecule is CS(=O)(=O)O.O=C(O)/C=C\C(=O)O. The fraction of sp³-hybridized carbons (Fsp3) is 0.200. The molecular weight excluding hydrogens is 204 g/mol. The zero-order valence-electron chi connectivity index (χ0n) is 6.54. The molecule has 0 saturated heterocycles. The Balaban J connectivity index is 0. The van der Waals surface area contributed by atoms with E-state index in [1.165, 1.54) is 0 Å². The summed E-state index contributed by atoms with van der Waals surface area (Å²) in [6, 6.07) is 0. The molecule has 0 aliphatic rings. The predicted molar refractivity (Wildman–Crippen MR) is 41.9 cm³/mol. The molecule has 76 valence electrons. The Bertz CT molecular complexity index is 275. The van der Waals surface area contributed by atoms with Crippen molar-refractivity contribution in [3.8, 4) is 0 Å². The maximum atomic E-state index is 9.55.